The minimum atomic E-state index is 0.0682. The monoisotopic (exact) mass is 396 g/mol. The predicted octanol–water partition coefficient (Wildman–Crippen LogP) is 6.79. The van der Waals surface area contributed by atoms with E-state index >= 15 is 0 Å². The fourth-order valence-electron chi connectivity index (χ4n) is 3.18. The van der Waals surface area contributed by atoms with E-state index in [4.69, 9.17) is 23.2 Å². The predicted molar refractivity (Wildman–Crippen MR) is 96.5 cm³/mol. The van der Waals surface area contributed by atoms with Gasteiger partial charge in [-0.05, 0) is 46.4 Å². The minimum absolute atomic E-state index is 0.0682. The van der Waals surface area contributed by atoms with Crippen LogP contribution in [0.25, 0.3) is 10.8 Å². The summed E-state index contributed by atoms with van der Waals surface area (Å²) < 4.78 is 1.48. The second-order valence-corrected chi connectivity index (χ2v) is 8.50. The Bertz CT molecular complexity index is 843. The van der Waals surface area contributed by atoms with Gasteiger partial charge in [0, 0.05) is 5.56 Å². The second-order valence-electron chi connectivity index (χ2n) is 5.30. The van der Waals surface area contributed by atoms with E-state index in [0.717, 1.165) is 27.1 Å². The molecule has 0 amide bonds. The van der Waals surface area contributed by atoms with Gasteiger partial charge in [-0.1, -0.05) is 69.5 Å². The Hall–Kier alpha value is -0.540. The Morgan fingerprint density at radius 2 is 1.76 bits per heavy atom. The number of benzene rings is 2. The van der Waals surface area contributed by atoms with Crippen molar-refractivity contribution in [3.8, 4) is 0 Å². The van der Waals surface area contributed by atoms with E-state index < -0.39 is 0 Å². The third kappa shape index (κ3) is 2.24. The van der Waals surface area contributed by atoms with Crippen molar-refractivity contribution in [2.45, 2.75) is 17.7 Å². The maximum atomic E-state index is 6.32. The van der Waals surface area contributed by atoms with E-state index in [0.29, 0.717) is 0 Å². The molecule has 0 fully saturated rings. The molecule has 3 aromatic rings. The molecular weight excluding hydrogens is 387 g/mol. The highest BCUT2D eigenvalue weighted by Crippen LogP contribution is 2.45. The first-order valence-corrected chi connectivity index (χ1v) is 9.26. The zero-order valence-corrected chi connectivity index (χ0v) is 14.9. The van der Waals surface area contributed by atoms with Gasteiger partial charge in [-0.15, -0.1) is 11.3 Å². The van der Waals surface area contributed by atoms with Crippen LogP contribution in [0.15, 0.2) is 36.4 Å². The summed E-state index contributed by atoms with van der Waals surface area (Å²) in [5, 5.41) is 2.75. The number of hydrogen-bond donors (Lipinski definition) is 0. The van der Waals surface area contributed by atoms with Crippen LogP contribution in [-0.2, 0) is 12.8 Å². The molecule has 21 heavy (non-hydrogen) atoms. The summed E-state index contributed by atoms with van der Waals surface area (Å²) in [7, 11) is 0. The van der Waals surface area contributed by atoms with E-state index in [1.54, 1.807) is 0 Å². The summed E-state index contributed by atoms with van der Waals surface area (Å²) in [5.41, 5.74) is 5.22. The van der Waals surface area contributed by atoms with Gasteiger partial charge in [0.2, 0.25) is 0 Å². The Morgan fingerprint density at radius 3 is 2.48 bits per heavy atom. The highest BCUT2D eigenvalue weighted by molar-refractivity contribution is 9.09. The summed E-state index contributed by atoms with van der Waals surface area (Å²) in [6.45, 7) is 0. The Morgan fingerprint density at radius 1 is 1.00 bits per heavy atom. The van der Waals surface area contributed by atoms with Gasteiger partial charge in [0.1, 0.15) is 0 Å². The van der Waals surface area contributed by atoms with Gasteiger partial charge in [-0.3, -0.25) is 0 Å². The molecule has 0 N–H and O–H groups in total. The highest BCUT2D eigenvalue weighted by Gasteiger charge is 2.22. The summed E-state index contributed by atoms with van der Waals surface area (Å²) in [6, 6.07) is 13.0. The van der Waals surface area contributed by atoms with Crippen LogP contribution in [0.5, 0.6) is 0 Å². The van der Waals surface area contributed by atoms with Gasteiger partial charge in [-0.2, -0.15) is 0 Å². The van der Waals surface area contributed by atoms with Crippen molar-refractivity contribution in [3.63, 3.8) is 0 Å². The van der Waals surface area contributed by atoms with Crippen LogP contribution in [0, 0.1) is 0 Å². The summed E-state index contributed by atoms with van der Waals surface area (Å²) in [6.07, 6.45) is 2.29. The number of hydrogen-bond acceptors (Lipinski definition) is 1. The molecule has 1 aliphatic rings. The molecule has 0 bridgehead atoms. The van der Waals surface area contributed by atoms with Crippen LogP contribution in [0.3, 0.4) is 0 Å². The lowest BCUT2D eigenvalue weighted by Gasteiger charge is -2.14. The fourth-order valence-corrected chi connectivity index (χ4v) is 5.76. The highest BCUT2D eigenvalue weighted by atomic mass is 79.9. The molecule has 1 unspecified atom stereocenters. The Kier molecular flexibility index (Phi) is 3.54. The number of rotatable bonds is 2. The topological polar surface area (TPSA) is 0 Å². The van der Waals surface area contributed by atoms with Crippen molar-refractivity contribution >= 4 is 61.2 Å². The third-order valence-corrected chi connectivity index (χ3v) is 6.64. The van der Waals surface area contributed by atoms with Crippen LogP contribution < -0.4 is 0 Å². The van der Waals surface area contributed by atoms with Crippen molar-refractivity contribution in [2.75, 3.05) is 0 Å². The molecule has 0 saturated carbocycles. The van der Waals surface area contributed by atoms with Crippen LogP contribution in [-0.4, -0.2) is 0 Å². The van der Waals surface area contributed by atoms with E-state index in [2.05, 4.69) is 46.3 Å². The number of aryl methyl sites for hydroxylation is 2. The zero-order valence-electron chi connectivity index (χ0n) is 11.0. The standard InChI is InChI=1S/C17H11BrCl2S/c18-16(13-8-14(19)21-17(13)20)12-7-6-10-5-4-9-2-1-3-11(12)15(9)10/h1-3,6-8,16H,4-5H2. The third-order valence-electron chi connectivity index (χ3n) is 4.14. The molecule has 0 nitrogen and oxygen atoms in total. The smallest absolute Gasteiger partial charge is 0.0990 e. The average molecular weight is 398 g/mol. The number of halogens is 3. The van der Waals surface area contributed by atoms with E-state index in [9.17, 15) is 0 Å². The SMILES string of the molecule is Clc1cc(C(Br)c2ccc3c4c(cccc24)CC3)c(Cl)s1. The quantitative estimate of drug-likeness (QED) is 0.417. The largest absolute Gasteiger partial charge is 0.111 e. The maximum Gasteiger partial charge on any atom is 0.0990 e. The first kappa shape index (κ1) is 14.1. The molecule has 0 spiro atoms. The molecule has 1 heterocycles. The first-order chi connectivity index (χ1) is 10.1. The van der Waals surface area contributed by atoms with Gasteiger partial charge < -0.3 is 0 Å². The Balaban J connectivity index is 1.94. The minimum Gasteiger partial charge on any atom is -0.111 e. The van der Waals surface area contributed by atoms with Gasteiger partial charge in [0.15, 0.2) is 0 Å². The van der Waals surface area contributed by atoms with Gasteiger partial charge in [0.25, 0.3) is 0 Å². The van der Waals surface area contributed by atoms with Crippen molar-refractivity contribution < 1.29 is 0 Å². The van der Waals surface area contributed by atoms with Gasteiger partial charge >= 0.3 is 0 Å². The van der Waals surface area contributed by atoms with E-state index in [1.165, 1.54) is 38.8 Å². The zero-order chi connectivity index (χ0) is 14.6. The summed E-state index contributed by atoms with van der Waals surface area (Å²) in [5.74, 6) is 0. The molecule has 1 aliphatic carbocycles. The van der Waals surface area contributed by atoms with Crippen molar-refractivity contribution in [1.82, 2.24) is 0 Å². The fraction of sp³-hybridized carbons (Fsp3) is 0.176. The summed E-state index contributed by atoms with van der Waals surface area (Å²) in [4.78, 5) is 0.0682. The normalized spacial score (nSPS) is 14.8. The molecule has 0 aliphatic heterocycles. The van der Waals surface area contributed by atoms with Gasteiger partial charge in [0.05, 0.1) is 13.5 Å². The van der Waals surface area contributed by atoms with Crippen LogP contribution in [0.1, 0.15) is 27.1 Å². The van der Waals surface area contributed by atoms with Crippen LogP contribution >= 0.6 is 50.5 Å². The lowest BCUT2D eigenvalue weighted by molar-refractivity contribution is 1.02. The number of thiophene rings is 1. The molecule has 4 rings (SSSR count). The lowest BCUT2D eigenvalue weighted by Crippen LogP contribution is -1.94. The lowest BCUT2D eigenvalue weighted by atomic mass is 9.96. The average Bonchev–Trinajstić information content (AvgIpc) is 3.04. The summed E-state index contributed by atoms with van der Waals surface area (Å²) >= 11 is 17.6. The molecular formula is C17H11BrCl2S. The Labute approximate surface area is 145 Å². The second kappa shape index (κ2) is 5.27. The van der Waals surface area contributed by atoms with Crippen molar-refractivity contribution in [1.29, 1.82) is 0 Å². The molecule has 4 heteroatoms. The van der Waals surface area contributed by atoms with E-state index in [-0.39, 0.29) is 4.83 Å². The molecule has 1 atom stereocenters. The molecule has 1 aromatic heterocycles. The van der Waals surface area contributed by atoms with Crippen molar-refractivity contribution in [3.05, 3.63) is 67.3 Å². The molecule has 0 radical (unpaired) electrons. The van der Waals surface area contributed by atoms with Crippen molar-refractivity contribution in [2.24, 2.45) is 0 Å². The molecule has 106 valence electrons. The number of alkyl halides is 1. The maximum absolute atomic E-state index is 6.32. The van der Waals surface area contributed by atoms with E-state index in [1.807, 2.05) is 6.07 Å². The molecule has 2 aromatic carbocycles. The van der Waals surface area contributed by atoms with Crippen LogP contribution in [0.2, 0.25) is 8.67 Å². The first-order valence-electron chi connectivity index (χ1n) is 6.77. The van der Waals surface area contributed by atoms with Crippen LogP contribution in [0.4, 0.5) is 0 Å². The molecule has 0 saturated heterocycles. The van der Waals surface area contributed by atoms with Gasteiger partial charge in [-0.25, -0.2) is 0 Å².